The van der Waals surface area contributed by atoms with Gasteiger partial charge in [-0.05, 0) is 48.5 Å². The molecule has 4 aromatic rings. The molecule has 156 valence electrons. The van der Waals surface area contributed by atoms with Crippen LogP contribution in [0.2, 0.25) is 0 Å². The Kier molecular flexibility index (Phi) is 4.66. The topological polar surface area (TPSA) is 99.9 Å². The van der Waals surface area contributed by atoms with Gasteiger partial charge in [0.25, 0.3) is 0 Å². The minimum atomic E-state index is -0.557. The number of H-pyrrole nitrogens is 1. The quantitative estimate of drug-likeness (QED) is 0.519. The summed E-state index contributed by atoms with van der Waals surface area (Å²) in [6.45, 7) is 0.251. The maximum atomic E-state index is 13.2. The Morgan fingerprint density at radius 2 is 1.81 bits per heavy atom. The highest BCUT2D eigenvalue weighted by molar-refractivity contribution is 5.89. The van der Waals surface area contributed by atoms with Gasteiger partial charge in [0.05, 0.1) is 24.3 Å². The van der Waals surface area contributed by atoms with Crippen LogP contribution in [0.1, 0.15) is 23.3 Å². The molecule has 10 heteroatoms. The third-order valence-electron chi connectivity index (χ3n) is 5.08. The van der Waals surface area contributed by atoms with Crippen LogP contribution in [0.15, 0.2) is 59.4 Å². The van der Waals surface area contributed by atoms with E-state index in [0.29, 0.717) is 23.5 Å². The van der Waals surface area contributed by atoms with Crippen LogP contribution >= 0.6 is 0 Å². The molecule has 0 fully saturated rings. The molecule has 0 radical (unpaired) electrons. The zero-order valence-corrected chi connectivity index (χ0v) is 16.0. The third-order valence-corrected chi connectivity index (χ3v) is 5.08. The fourth-order valence-corrected chi connectivity index (χ4v) is 3.49. The molecule has 2 aromatic carbocycles. The molecule has 5 rings (SSSR count). The Morgan fingerprint density at radius 3 is 2.55 bits per heavy atom. The number of aromatic nitrogens is 4. The Morgan fingerprint density at radius 1 is 1.10 bits per heavy atom. The minimum Gasteiger partial charge on any atom is -0.347 e. The van der Waals surface area contributed by atoms with Crippen LogP contribution in [-0.2, 0) is 13.0 Å². The lowest BCUT2D eigenvalue weighted by atomic mass is 10.0. The molecule has 0 bridgehead atoms. The number of carbonyl (C=O) groups is 1. The van der Waals surface area contributed by atoms with E-state index in [9.17, 15) is 13.6 Å². The number of halogens is 2. The van der Waals surface area contributed by atoms with Crippen LogP contribution in [-0.4, -0.2) is 31.0 Å². The van der Waals surface area contributed by atoms with Crippen molar-refractivity contribution in [2.45, 2.75) is 19.0 Å². The molecule has 2 N–H and O–H groups in total. The van der Waals surface area contributed by atoms with Crippen LogP contribution in [0.5, 0.6) is 0 Å². The number of carbonyl (C=O) groups excluding carboxylic acids is 1. The van der Waals surface area contributed by atoms with E-state index >= 15 is 0 Å². The summed E-state index contributed by atoms with van der Waals surface area (Å²) in [5.74, 6) is -0.228. The van der Waals surface area contributed by atoms with Crippen LogP contribution in [0.25, 0.3) is 11.4 Å². The summed E-state index contributed by atoms with van der Waals surface area (Å²) < 4.78 is 31.8. The van der Waals surface area contributed by atoms with Crippen molar-refractivity contribution in [3.8, 4) is 11.4 Å². The summed E-state index contributed by atoms with van der Waals surface area (Å²) >= 11 is 0. The summed E-state index contributed by atoms with van der Waals surface area (Å²) in [6.07, 6.45) is 1.95. The average molecular weight is 422 g/mol. The van der Waals surface area contributed by atoms with Crippen molar-refractivity contribution in [3.63, 3.8) is 0 Å². The molecule has 2 amide bonds. The standard InChI is InChI=1S/C21H16F2N6O2/c22-13-3-1-12(2-4-13)19-27-20(31-28-19)18-9-16-17(25-11-24-16)10-29(18)21(30)26-15-7-5-14(23)6-8-15/h1-8,11,18H,9-10H2,(H,24,25)(H,26,30)/t18-/m0/s1. The zero-order chi connectivity index (χ0) is 21.4. The molecule has 1 aliphatic rings. The maximum Gasteiger partial charge on any atom is 0.322 e. The molecule has 8 nitrogen and oxygen atoms in total. The van der Waals surface area contributed by atoms with Gasteiger partial charge in [-0.1, -0.05) is 5.16 Å². The first kappa shape index (κ1) is 18.9. The molecule has 0 spiro atoms. The second kappa shape index (κ2) is 7.63. The largest absolute Gasteiger partial charge is 0.347 e. The molecule has 0 unspecified atom stereocenters. The fourth-order valence-electron chi connectivity index (χ4n) is 3.49. The first-order chi connectivity index (χ1) is 15.1. The number of aromatic amines is 1. The Balaban J connectivity index is 1.44. The van der Waals surface area contributed by atoms with E-state index in [1.165, 1.54) is 36.4 Å². The SMILES string of the molecule is O=C(Nc1ccc(F)cc1)N1Cc2[nH]cnc2C[C@H]1c1nc(-c2ccc(F)cc2)no1. The molecule has 2 aromatic heterocycles. The number of rotatable bonds is 3. The van der Waals surface area contributed by atoms with E-state index in [2.05, 4.69) is 25.4 Å². The van der Waals surface area contributed by atoms with Crippen LogP contribution in [0.3, 0.4) is 0 Å². The summed E-state index contributed by atoms with van der Waals surface area (Å²) in [5.41, 5.74) is 2.66. The summed E-state index contributed by atoms with van der Waals surface area (Å²) in [5, 5.41) is 6.75. The normalized spacial score (nSPS) is 15.5. The van der Waals surface area contributed by atoms with E-state index in [1.807, 2.05) is 0 Å². The van der Waals surface area contributed by atoms with Gasteiger partial charge < -0.3 is 19.7 Å². The van der Waals surface area contributed by atoms with Crippen molar-refractivity contribution < 1.29 is 18.1 Å². The van der Waals surface area contributed by atoms with Crippen LogP contribution < -0.4 is 5.32 Å². The summed E-state index contributed by atoms with van der Waals surface area (Å²) in [7, 11) is 0. The number of amides is 2. The molecule has 0 saturated heterocycles. The van der Waals surface area contributed by atoms with E-state index in [4.69, 9.17) is 4.52 Å². The van der Waals surface area contributed by atoms with Crippen molar-refractivity contribution in [3.05, 3.63) is 83.8 Å². The molecule has 0 aliphatic carbocycles. The lowest BCUT2D eigenvalue weighted by Crippen LogP contribution is -2.41. The van der Waals surface area contributed by atoms with E-state index in [1.54, 1.807) is 23.4 Å². The van der Waals surface area contributed by atoms with Gasteiger partial charge in [-0.25, -0.2) is 18.6 Å². The smallest absolute Gasteiger partial charge is 0.322 e. The lowest BCUT2D eigenvalue weighted by Gasteiger charge is -2.32. The predicted molar refractivity (Wildman–Crippen MR) is 106 cm³/mol. The highest BCUT2D eigenvalue weighted by atomic mass is 19.1. The second-order valence-electron chi connectivity index (χ2n) is 7.08. The third kappa shape index (κ3) is 3.75. The monoisotopic (exact) mass is 422 g/mol. The molecular weight excluding hydrogens is 406 g/mol. The number of urea groups is 1. The maximum absolute atomic E-state index is 13.2. The number of benzene rings is 2. The van der Waals surface area contributed by atoms with Crippen molar-refractivity contribution in [1.29, 1.82) is 0 Å². The Labute approximate surface area is 174 Å². The van der Waals surface area contributed by atoms with Crippen molar-refractivity contribution in [2.75, 3.05) is 5.32 Å². The fraction of sp³-hybridized carbons (Fsp3) is 0.143. The highest BCUT2D eigenvalue weighted by Crippen LogP contribution is 2.32. The van der Waals surface area contributed by atoms with E-state index < -0.39 is 17.9 Å². The Hall–Kier alpha value is -4.08. The molecule has 1 atom stereocenters. The average Bonchev–Trinajstić information content (AvgIpc) is 3.44. The van der Waals surface area contributed by atoms with E-state index in [-0.39, 0.29) is 18.3 Å². The van der Waals surface area contributed by atoms with Gasteiger partial charge in [0.15, 0.2) is 0 Å². The number of hydrogen-bond acceptors (Lipinski definition) is 5. The van der Waals surface area contributed by atoms with Gasteiger partial charge in [0, 0.05) is 17.7 Å². The molecule has 3 heterocycles. The number of nitrogens with zero attached hydrogens (tertiary/aromatic N) is 4. The molecule has 31 heavy (non-hydrogen) atoms. The second-order valence-corrected chi connectivity index (χ2v) is 7.08. The van der Waals surface area contributed by atoms with Gasteiger partial charge >= 0.3 is 6.03 Å². The van der Waals surface area contributed by atoms with Crippen LogP contribution in [0.4, 0.5) is 19.3 Å². The number of fused-ring (bicyclic) bond motifs is 1. The summed E-state index contributed by atoms with van der Waals surface area (Å²) in [6, 6.07) is 10.3. The van der Waals surface area contributed by atoms with Crippen LogP contribution in [0, 0.1) is 11.6 Å². The number of imidazole rings is 1. The van der Waals surface area contributed by atoms with Gasteiger partial charge in [-0.3, -0.25) is 0 Å². The first-order valence-electron chi connectivity index (χ1n) is 9.50. The Bertz CT molecular complexity index is 1220. The van der Waals surface area contributed by atoms with E-state index in [0.717, 1.165) is 11.4 Å². The van der Waals surface area contributed by atoms with Crippen molar-refractivity contribution in [2.24, 2.45) is 0 Å². The van der Waals surface area contributed by atoms with Gasteiger partial charge in [-0.2, -0.15) is 4.98 Å². The lowest BCUT2D eigenvalue weighted by molar-refractivity contribution is 0.155. The zero-order valence-electron chi connectivity index (χ0n) is 16.0. The molecule has 1 aliphatic heterocycles. The van der Waals surface area contributed by atoms with Crippen molar-refractivity contribution >= 4 is 11.7 Å². The van der Waals surface area contributed by atoms with Gasteiger partial charge in [0.1, 0.15) is 17.7 Å². The highest BCUT2D eigenvalue weighted by Gasteiger charge is 2.36. The minimum absolute atomic E-state index is 0.238. The number of hydrogen-bond donors (Lipinski definition) is 2. The predicted octanol–water partition coefficient (Wildman–Crippen LogP) is 4.07. The van der Waals surface area contributed by atoms with Gasteiger partial charge in [-0.15, -0.1) is 0 Å². The number of nitrogens with one attached hydrogen (secondary N) is 2. The number of anilines is 1. The first-order valence-corrected chi connectivity index (χ1v) is 9.50. The molecular formula is C21H16F2N6O2. The summed E-state index contributed by atoms with van der Waals surface area (Å²) in [4.78, 5) is 26.4. The molecule has 0 saturated carbocycles. The van der Waals surface area contributed by atoms with Gasteiger partial charge in [0.2, 0.25) is 11.7 Å². The van der Waals surface area contributed by atoms with Crippen molar-refractivity contribution in [1.82, 2.24) is 25.0 Å².